The summed E-state index contributed by atoms with van der Waals surface area (Å²) < 4.78 is 5.94. The fourth-order valence-corrected chi connectivity index (χ4v) is 2.78. The van der Waals surface area contributed by atoms with E-state index in [0.717, 1.165) is 35.2 Å². The van der Waals surface area contributed by atoms with Crippen molar-refractivity contribution in [3.63, 3.8) is 0 Å². The smallest absolute Gasteiger partial charge is 0.183 e. The van der Waals surface area contributed by atoms with E-state index in [1.54, 1.807) is 6.20 Å². The van der Waals surface area contributed by atoms with Crippen LogP contribution in [0, 0.1) is 0 Å². The lowest BCUT2D eigenvalue weighted by Crippen LogP contribution is -2.34. The minimum absolute atomic E-state index is 0.264. The molecule has 24 heavy (non-hydrogen) atoms. The fourth-order valence-electron chi connectivity index (χ4n) is 2.78. The van der Waals surface area contributed by atoms with Crippen molar-refractivity contribution in [1.82, 2.24) is 15.0 Å². The van der Waals surface area contributed by atoms with Gasteiger partial charge in [-0.3, -0.25) is 0 Å². The largest absolute Gasteiger partial charge is 0.486 e. The summed E-state index contributed by atoms with van der Waals surface area (Å²) in [5, 5.41) is 0. The van der Waals surface area contributed by atoms with Crippen LogP contribution < -0.4 is 15.4 Å². The van der Waals surface area contributed by atoms with E-state index in [4.69, 9.17) is 20.4 Å². The molecular formula is C18H25N5O. The molecule has 0 fully saturated rings. The Bertz CT molecular complexity index is 729. The lowest BCUT2D eigenvalue weighted by atomic mass is 10.1. The van der Waals surface area contributed by atoms with Crippen LogP contribution in [-0.2, 0) is 6.54 Å². The molecule has 1 aliphatic rings. The van der Waals surface area contributed by atoms with Gasteiger partial charge in [0.1, 0.15) is 18.2 Å². The monoisotopic (exact) mass is 327 g/mol. The maximum Gasteiger partial charge on any atom is 0.183 e. The third-order valence-corrected chi connectivity index (χ3v) is 4.15. The van der Waals surface area contributed by atoms with Crippen LogP contribution in [0.5, 0.6) is 5.75 Å². The molecule has 0 saturated heterocycles. The summed E-state index contributed by atoms with van der Waals surface area (Å²) in [4.78, 5) is 15.9. The van der Waals surface area contributed by atoms with E-state index in [2.05, 4.69) is 37.6 Å². The van der Waals surface area contributed by atoms with Gasteiger partial charge in [0.05, 0.1) is 12.2 Å². The Kier molecular flexibility index (Phi) is 4.55. The normalized spacial score (nSPS) is 14.0. The zero-order valence-electron chi connectivity index (χ0n) is 14.8. The van der Waals surface area contributed by atoms with Crippen molar-refractivity contribution in [2.24, 2.45) is 0 Å². The van der Waals surface area contributed by atoms with Gasteiger partial charge in [-0.1, -0.05) is 33.8 Å². The third-order valence-electron chi connectivity index (χ3n) is 4.15. The Hall–Kier alpha value is -2.37. The number of anilines is 2. The molecule has 0 saturated carbocycles. The molecular weight excluding hydrogens is 302 g/mol. The van der Waals surface area contributed by atoms with Crippen LogP contribution in [0.1, 0.15) is 56.6 Å². The predicted molar refractivity (Wildman–Crippen MR) is 95.4 cm³/mol. The van der Waals surface area contributed by atoms with Crippen molar-refractivity contribution in [3.8, 4) is 5.75 Å². The molecule has 6 nitrogen and oxygen atoms in total. The highest BCUT2D eigenvalue weighted by molar-refractivity contribution is 5.58. The highest BCUT2D eigenvalue weighted by Gasteiger charge is 2.27. The minimum Gasteiger partial charge on any atom is -0.486 e. The third kappa shape index (κ3) is 3.13. The van der Waals surface area contributed by atoms with Crippen molar-refractivity contribution < 1.29 is 4.74 Å². The van der Waals surface area contributed by atoms with Crippen LogP contribution in [0.3, 0.4) is 0 Å². The van der Waals surface area contributed by atoms with Crippen molar-refractivity contribution in [2.75, 3.05) is 23.8 Å². The number of rotatable bonds is 4. The number of fused-ring (bicyclic) bond motifs is 1. The van der Waals surface area contributed by atoms with Gasteiger partial charge in [-0.15, -0.1) is 0 Å². The van der Waals surface area contributed by atoms with Gasteiger partial charge >= 0.3 is 0 Å². The van der Waals surface area contributed by atoms with Crippen LogP contribution in [-0.4, -0.2) is 28.1 Å². The standard InChI is InChI=1S/C18H25N5O/c1-11(2)14-15-18(22-17(21-14)12(3)4)23(8-9-24-15)10-13-6-5-7-20-16(13)19/h5-7,11-12H,8-10H2,1-4H3,(H2,19,20). The topological polar surface area (TPSA) is 77.2 Å². The Morgan fingerprint density at radius 1 is 1.21 bits per heavy atom. The first-order chi connectivity index (χ1) is 11.5. The minimum atomic E-state index is 0.264. The van der Waals surface area contributed by atoms with E-state index in [1.165, 1.54) is 0 Å². The van der Waals surface area contributed by atoms with E-state index in [-0.39, 0.29) is 11.8 Å². The number of nitrogens with zero attached hydrogens (tertiary/aromatic N) is 4. The summed E-state index contributed by atoms with van der Waals surface area (Å²) >= 11 is 0. The number of nitrogens with two attached hydrogens (primary N) is 1. The molecule has 1 aliphatic heterocycles. The van der Waals surface area contributed by atoms with Gasteiger partial charge in [0.15, 0.2) is 11.6 Å². The Balaban J connectivity index is 2.04. The molecule has 0 aliphatic carbocycles. The summed E-state index contributed by atoms with van der Waals surface area (Å²) in [6, 6.07) is 3.91. The van der Waals surface area contributed by atoms with Crippen molar-refractivity contribution in [2.45, 2.75) is 46.1 Å². The number of aromatic nitrogens is 3. The first-order valence-electron chi connectivity index (χ1n) is 8.46. The van der Waals surface area contributed by atoms with Crippen LogP contribution in [0.15, 0.2) is 18.3 Å². The molecule has 0 unspecified atom stereocenters. The second kappa shape index (κ2) is 6.63. The average Bonchev–Trinajstić information content (AvgIpc) is 2.56. The van der Waals surface area contributed by atoms with Crippen LogP contribution in [0.2, 0.25) is 0 Å². The van der Waals surface area contributed by atoms with E-state index < -0.39 is 0 Å². The Morgan fingerprint density at radius 3 is 2.67 bits per heavy atom. The fraction of sp³-hybridized carbons (Fsp3) is 0.500. The molecule has 0 atom stereocenters. The summed E-state index contributed by atoms with van der Waals surface area (Å²) in [7, 11) is 0. The number of hydrogen-bond acceptors (Lipinski definition) is 6. The average molecular weight is 327 g/mol. The summed E-state index contributed by atoms with van der Waals surface area (Å²) in [6.07, 6.45) is 1.71. The van der Waals surface area contributed by atoms with E-state index in [0.29, 0.717) is 19.0 Å². The molecule has 6 heteroatoms. The Morgan fingerprint density at radius 2 is 2.00 bits per heavy atom. The number of ether oxygens (including phenoxy) is 1. The van der Waals surface area contributed by atoms with Crippen LogP contribution >= 0.6 is 0 Å². The maximum atomic E-state index is 6.01. The molecule has 2 N–H and O–H groups in total. The van der Waals surface area contributed by atoms with Gasteiger partial charge in [0.2, 0.25) is 0 Å². The van der Waals surface area contributed by atoms with Crippen molar-refractivity contribution in [3.05, 3.63) is 35.4 Å². The van der Waals surface area contributed by atoms with Gasteiger partial charge in [-0.05, 0) is 12.0 Å². The highest BCUT2D eigenvalue weighted by Crippen LogP contribution is 2.37. The molecule has 0 bridgehead atoms. The molecule has 128 valence electrons. The number of nitrogen functional groups attached to an aromatic ring is 1. The lowest BCUT2D eigenvalue weighted by molar-refractivity contribution is 0.296. The predicted octanol–water partition coefficient (Wildman–Crippen LogP) is 3.10. The molecule has 0 radical (unpaired) electrons. The van der Waals surface area contributed by atoms with Gasteiger partial charge in [-0.25, -0.2) is 15.0 Å². The van der Waals surface area contributed by atoms with Gasteiger partial charge < -0.3 is 15.4 Å². The molecule has 2 aromatic heterocycles. The summed E-state index contributed by atoms with van der Waals surface area (Å²) in [5.74, 6) is 3.64. The molecule has 2 aromatic rings. The van der Waals surface area contributed by atoms with Crippen LogP contribution in [0.25, 0.3) is 0 Å². The molecule has 0 spiro atoms. The van der Waals surface area contributed by atoms with Crippen LogP contribution in [0.4, 0.5) is 11.6 Å². The lowest BCUT2D eigenvalue weighted by Gasteiger charge is -2.32. The summed E-state index contributed by atoms with van der Waals surface area (Å²) in [5.41, 5.74) is 7.99. The number of pyridine rings is 1. The first kappa shape index (κ1) is 16.5. The van der Waals surface area contributed by atoms with Crippen molar-refractivity contribution in [1.29, 1.82) is 0 Å². The Labute approximate surface area is 143 Å². The van der Waals surface area contributed by atoms with Gasteiger partial charge in [0, 0.05) is 24.2 Å². The quantitative estimate of drug-likeness (QED) is 0.930. The van der Waals surface area contributed by atoms with E-state index in [1.807, 2.05) is 12.1 Å². The van der Waals surface area contributed by atoms with Crippen molar-refractivity contribution >= 4 is 11.6 Å². The first-order valence-corrected chi connectivity index (χ1v) is 8.46. The molecule has 3 heterocycles. The summed E-state index contributed by atoms with van der Waals surface area (Å²) in [6.45, 7) is 10.5. The van der Waals surface area contributed by atoms with E-state index in [9.17, 15) is 0 Å². The van der Waals surface area contributed by atoms with Gasteiger partial charge in [0.25, 0.3) is 0 Å². The van der Waals surface area contributed by atoms with E-state index >= 15 is 0 Å². The molecule has 0 aromatic carbocycles. The second-order valence-corrected chi connectivity index (χ2v) is 6.75. The zero-order valence-corrected chi connectivity index (χ0v) is 14.8. The maximum absolute atomic E-state index is 6.01. The second-order valence-electron chi connectivity index (χ2n) is 6.75. The molecule has 3 rings (SSSR count). The zero-order chi connectivity index (χ0) is 17.3. The number of hydrogen-bond donors (Lipinski definition) is 1. The van der Waals surface area contributed by atoms with Gasteiger partial charge in [-0.2, -0.15) is 0 Å². The molecule has 0 amide bonds. The highest BCUT2D eigenvalue weighted by atomic mass is 16.5. The SMILES string of the molecule is CC(C)c1nc(C(C)C)c2c(n1)N(Cc1cccnc1N)CCO2.